The van der Waals surface area contributed by atoms with Crippen LogP contribution >= 0.6 is 15.9 Å². The predicted octanol–water partition coefficient (Wildman–Crippen LogP) is 3.04. The number of amides is 1. The molecule has 8 heteroatoms. The number of nitrogen functional groups attached to an aromatic ring is 1. The summed E-state index contributed by atoms with van der Waals surface area (Å²) in [5, 5.41) is 2.70. The Bertz CT molecular complexity index is 988. The number of benzene rings is 1. The molecule has 3 rings (SSSR count). The molecule has 0 saturated carbocycles. The summed E-state index contributed by atoms with van der Waals surface area (Å²) in [6.07, 6.45) is 1.55. The van der Waals surface area contributed by atoms with Crippen molar-refractivity contribution in [3.8, 4) is 11.3 Å². The van der Waals surface area contributed by atoms with Gasteiger partial charge in [0.2, 0.25) is 5.95 Å². The average molecular weight is 385 g/mol. The monoisotopic (exact) mass is 384 g/mol. The van der Waals surface area contributed by atoms with Crippen molar-refractivity contribution in [3.05, 3.63) is 52.0 Å². The minimum absolute atomic E-state index is 0.208. The van der Waals surface area contributed by atoms with Crippen LogP contribution in [0.4, 0.5) is 11.6 Å². The minimum atomic E-state index is -0.274. The number of nitrogens with one attached hydrogen (secondary N) is 1. The number of anilines is 1. The molecule has 0 fully saturated rings. The summed E-state index contributed by atoms with van der Waals surface area (Å²) >= 11 is 3.49. The van der Waals surface area contributed by atoms with Gasteiger partial charge in [-0.25, -0.2) is 14.8 Å². The Morgan fingerprint density at radius 1 is 1.46 bits per heavy atom. The number of imidazole rings is 1. The van der Waals surface area contributed by atoms with Crippen LogP contribution in [-0.4, -0.2) is 26.8 Å². The molecule has 0 aliphatic rings. The lowest BCUT2D eigenvalue weighted by Gasteiger charge is -2.08. The number of fused-ring (bicyclic) bond motifs is 1. The first-order valence-corrected chi connectivity index (χ1v) is 7.94. The van der Waals surface area contributed by atoms with Crippen LogP contribution in [0.15, 0.2) is 34.9 Å². The van der Waals surface area contributed by atoms with Gasteiger partial charge < -0.3 is 11.1 Å². The molecular weight excluding hydrogens is 372 g/mol. The summed E-state index contributed by atoms with van der Waals surface area (Å²) in [7, 11) is 0. The highest BCUT2D eigenvalue weighted by Crippen LogP contribution is 2.32. The Hall–Kier alpha value is -2.92. The lowest BCUT2D eigenvalue weighted by molar-refractivity contribution is 0.0951. The van der Waals surface area contributed by atoms with E-state index in [2.05, 4.69) is 36.1 Å². The Kier molecular flexibility index (Phi) is 4.18. The van der Waals surface area contributed by atoms with Crippen LogP contribution in [0.5, 0.6) is 0 Å². The van der Waals surface area contributed by atoms with Crippen LogP contribution in [0, 0.1) is 6.57 Å². The maximum absolute atomic E-state index is 12.0. The third-order valence-corrected chi connectivity index (χ3v) is 4.13. The molecule has 120 valence electrons. The van der Waals surface area contributed by atoms with E-state index in [0.29, 0.717) is 28.0 Å². The second-order valence-corrected chi connectivity index (χ2v) is 5.77. The SMILES string of the molecule is [C-]#[N+]c1cccc(-c2nc(N)n3cc(C(=O)NCC)nc3c2Br)c1. The molecule has 3 N–H and O–H groups in total. The van der Waals surface area contributed by atoms with Gasteiger partial charge in [0.15, 0.2) is 11.3 Å². The molecule has 2 aromatic heterocycles. The van der Waals surface area contributed by atoms with Gasteiger partial charge in [0.05, 0.1) is 16.7 Å². The van der Waals surface area contributed by atoms with Gasteiger partial charge in [-0.3, -0.25) is 9.20 Å². The summed E-state index contributed by atoms with van der Waals surface area (Å²) in [5.41, 5.74) is 8.59. The maximum Gasteiger partial charge on any atom is 0.271 e. The smallest absolute Gasteiger partial charge is 0.271 e. The van der Waals surface area contributed by atoms with Gasteiger partial charge in [0.1, 0.15) is 5.69 Å². The molecule has 1 aromatic carbocycles. The van der Waals surface area contributed by atoms with E-state index in [1.165, 1.54) is 0 Å². The molecule has 0 unspecified atom stereocenters. The molecule has 24 heavy (non-hydrogen) atoms. The summed E-state index contributed by atoms with van der Waals surface area (Å²) in [5.74, 6) is -0.0662. The van der Waals surface area contributed by atoms with Crippen LogP contribution in [0.1, 0.15) is 17.4 Å². The third-order valence-electron chi connectivity index (χ3n) is 3.40. The lowest BCUT2D eigenvalue weighted by atomic mass is 10.1. The second-order valence-electron chi connectivity index (χ2n) is 4.97. The van der Waals surface area contributed by atoms with Gasteiger partial charge in [-0.2, -0.15) is 0 Å². The highest BCUT2D eigenvalue weighted by atomic mass is 79.9. The predicted molar refractivity (Wildman–Crippen MR) is 94.8 cm³/mol. The third kappa shape index (κ3) is 2.70. The standard InChI is InChI=1S/C16H13BrN6O/c1-3-20-15(24)11-8-23-14(21-11)12(17)13(22-16(23)18)9-5-4-6-10(7-9)19-2/h4-8H,3H2,1H3,(H2,18,22)(H,20,24). The number of nitrogens with zero attached hydrogens (tertiary/aromatic N) is 4. The van der Waals surface area contributed by atoms with E-state index in [9.17, 15) is 4.79 Å². The van der Waals surface area contributed by atoms with Crippen molar-refractivity contribution in [2.45, 2.75) is 6.92 Å². The Balaban J connectivity index is 2.19. The van der Waals surface area contributed by atoms with Crippen molar-refractivity contribution >= 4 is 39.1 Å². The van der Waals surface area contributed by atoms with Gasteiger partial charge in [-0.05, 0) is 34.5 Å². The zero-order valence-corrected chi connectivity index (χ0v) is 14.3. The van der Waals surface area contributed by atoms with Crippen molar-refractivity contribution < 1.29 is 4.79 Å². The number of hydrogen-bond donors (Lipinski definition) is 2. The molecule has 3 aromatic rings. The van der Waals surface area contributed by atoms with Crippen LogP contribution < -0.4 is 11.1 Å². The van der Waals surface area contributed by atoms with Gasteiger partial charge in [0, 0.05) is 12.7 Å². The van der Waals surface area contributed by atoms with Crippen molar-refractivity contribution in [2.75, 3.05) is 12.3 Å². The number of rotatable bonds is 3. The summed E-state index contributed by atoms with van der Waals surface area (Å²) < 4.78 is 2.16. The first-order chi connectivity index (χ1) is 11.5. The number of nitrogens with two attached hydrogens (primary N) is 1. The number of halogens is 1. The molecule has 0 radical (unpaired) electrons. The number of aromatic nitrogens is 3. The molecule has 1 amide bonds. The molecule has 2 heterocycles. The number of carbonyl (C=O) groups excluding carboxylic acids is 1. The van der Waals surface area contributed by atoms with E-state index in [4.69, 9.17) is 12.3 Å². The molecule has 0 aliphatic carbocycles. The molecule has 0 bridgehead atoms. The Morgan fingerprint density at radius 2 is 2.25 bits per heavy atom. The maximum atomic E-state index is 12.0. The zero-order chi connectivity index (χ0) is 17.3. The van der Waals surface area contributed by atoms with Gasteiger partial charge in [0.25, 0.3) is 5.91 Å². The minimum Gasteiger partial charge on any atom is -0.369 e. The second kappa shape index (κ2) is 6.29. The first kappa shape index (κ1) is 16.0. The first-order valence-electron chi connectivity index (χ1n) is 7.15. The van der Waals surface area contributed by atoms with Crippen LogP contribution in [0.2, 0.25) is 0 Å². The number of carbonyl (C=O) groups is 1. The van der Waals surface area contributed by atoms with Crippen molar-refractivity contribution in [2.24, 2.45) is 0 Å². The fourth-order valence-corrected chi connectivity index (χ4v) is 2.90. The molecule has 7 nitrogen and oxygen atoms in total. The quantitative estimate of drug-likeness (QED) is 0.679. The lowest BCUT2D eigenvalue weighted by Crippen LogP contribution is -2.22. The fraction of sp³-hybridized carbons (Fsp3) is 0.125. The highest BCUT2D eigenvalue weighted by Gasteiger charge is 2.18. The number of hydrogen-bond acceptors (Lipinski definition) is 4. The Morgan fingerprint density at radius 3 is 2.96 bits per heavy atom. The highest BCUT2D eigenvalue weighted by molar-refractivity contribution is 9.10. The van der Waals surface area contributed by atoms with E-state index in [1.54, 1.807) is 28.8 Å². The molecule has 0 atom stereocenters. The normalized spacial score (nSPS) is 10.5. The van der Waals surface area contributed by atoms with E-state index >= 15 is 0 Å². The van der Waals surface area contributed by atoms with E-state index in [-0.39, 0.29) is 17.5 Å². The summed E-state index contributed by atoms with van der Waals surface area (Å²) in [6.45, 7) is 9.47. The van der Waals surface area contributed by atoms with Crippen LogP contribution in [0.25, 0.3) is 21.7 Å². The summed E-state index contributed by atoms with van der Waals surface area (Å²) in [6, 6.07) is 7.06. The van der Waals surface area contributed by atoms with Gasteiger partial charge in [-0.1, -0.05) is 18.2 Å². The Labute approximate surface area is 146 Å². The van der Waals surface area contributed by atoms with Gasteiger partial charge >= 0.3 is 0 Å². The topological polar surface area (TPSA) is 89.7 Å². The molecule has 0 spiro atoms. The van der Waals surface area contributed by atoms with Crippen molar-refractivity contribution in [1.82, 2.24) is 19.7 Å². The summed E-state index contributed by atoms with van der Waals surface area (Å²) in [4.78, 5) is 24.1. The van der Waals surface area contributed by atoms with Crippen LogP contribution in [0.3, 0.4) is 0 Å². The van der Waals surface area contributed by atoms with E-state index in [0.717, 1.165) is 5.56 Å². The van der Waals surface area contributed by atoms with E-state index < -0.39 is 0 Å². The van der Waals surface area contributed by atoms with Crippen molar-refractivity contribution in [3.63, 3.8) is 0 Å². The van der Waals surface area contributed by atoms with Crippen LogP contribution in [-0.2, 0) is 0 Å². The van der Waals surface area contributed by atoms with Crippen molar-refractivity contribution in [1.29, 1.82) is 0 Å². The molecule has 0 aliphatic heterocycles. The largest absolute Gasteiger partial charge is 0.369 e. The fourth-order valence-electron chi connectivity index (χ4n) is 2.31. The average Bonchev–Trinajstić information content (AvgIpc) is 3.05. The molecule has 0 saturated heterocycles. The molecular formula is C16H13BrN6O. The van der Waals surface area contributed by atoms with E-state index in [1.807, 2.05) is 13.0 Å². The zero-order valence-electron chi connectivity index (χ0n) is 12.7. The van der Waals surface area contributed by atoms with Gasteiger partial charge in [-0.15, -0.1) is 0 Å².